The topological polar surface area (TPSA) is 44.5 Å². The molecule has 0 unspecified atom stereocenters. The van der Waals surface area contributed by atoms with Gasteiger partial charge in [0.25, 0.3) is 0 Å². The minimum atomic E-state index is -4.50. The summed E-state index contributed by atoms with van der Waals surface area (Å²) in [6.07, 6.45) is -4.50. The van der Waals surface area contributed by atoms with Gasteiger partial charge in [0.05, 0.1) is 12.7 Å². The molecule has 7 heteroatoms. The molecule has 0 saturated carbocycles. The molecule has 0 spiro atoms. The van der Waals surface area contributed by atoms with E-state index >= 15 is 0 Å². The van der Waals surface area contributed by atoms with Crippen molar-refractivity contribution in [3.05, 3.63) is 48.0 Å². The Morgan fingerprint density at radius 3 is 2.35 bits per heavy atom. The largest absolute Gasteiger partial charge is 0.497 e. The van der Waals surface area contributed by atoms with Crippen LogP contribution >= 0.6 is 12.4 Å². The van der Waals surface area contributed by atoms with E-state index in [4.69, 9.17) is 15.2 Å². The van der Waals surface area contributed by atoms with Crippen LogP contribution in [0.3, 0.4) is 0 Å². The van der Waals surface area contributed by atoms with Crippen LogP contribution in [0.4, 0.5) is 13.2 Å². The number of ether oxygens (including phenoxy) is 2. The first-order valence-corrected chi connectivity index (χ1v) is 6.64. The molecule has 0 aliphatic heterocycles. The van der Waals surface area contributed by atoms with Gasteiger partial charge in [-0.1, -0.05) is 18.2 Å². The Morgan fingerprint density at radius 2 is 1.74 bits per heavy atom. The highest BCUT2D eigenvalue weighted by atomic mass is 35.5. The van der Waals surface area contributed by atoms with Crippen LogP contribution < -0.4 is 15.2 Å². The molecule has 0 heterocycles. The Kier molecular flexibility index (Phi) is 6.72. The summed E-state index contributed by atoms with van der Waals surface area (Å²) >= 11 is 0. The van der Waals surface area contributed by atoms with E-state index in [1.807, 2.05) is 0 Å². The number of hydrogen-bond acceptors (Lipinski definition) is 3. The Bertz CT molecular complexity index is 647. The minimum Gasteiger partial charge on any atom is -0.497 e. The highest BCUT2D eigenvalue weighted by Crippen LogP contribution is 2.39. The van der Waals surface area contributed by atoms with Gasteiger partial charge in [-0.05, 0) is 35.4 Å². The second-order valence-corrected chi connectivity index (χ2v) is 4.58. The predicted molar refractivity (Wildman–Crippen MR) is 85.2 cm³/mol. The lowest BCUT2D eigenvalue weighted by atomic mass is 10.0. The fourth-order valence-electron chi connectivity index (χ4n) is 2.03. The summed E-state index contributed by atoms with van der Waals surface area (Å²) in [6.45, 7) is 0.177. The molecule has 0 fully saturated rings. The lowest BCUT2D eigenvalue weighted by Gasteiger charge is -2.15. The van der Waals surface area contributed by atoms with Crippen molar-refractivity contribution in [2.24, 2.45) is 5.73 Å². The summed E-state index contributed by atoms with van der Waals surface area (Å²) < 4.78 is 49.7. The van der Waals surface area contributed by atoms with Crippen molar-refractivity contribution < 1.29 is 22.6 Å². The average Bonchev–Trinajstić information content (AvgIpc) is 2.52. The van der Waals surface area contributed by atoms with Crippen LogP contribution in [-0.2, 0) is 6.18 Å². The zero-order chi connectivity index (χ0) is 16.2. The van der Waals surface area contributed by atoms with E-state index in [0.717, 1.165) is 6.07 Å². The molecule has 0 radical (unpaired) electrons. The molecule has 2 aromatic carbocycles. The van der Waals surface area contributed by atoms with E-state index in [0.29, 0.717) is 16.9 Å². The first-order chi connectivity index (χ1) is 10.5. The zero-order valence-corrected chi connectivity index (χ0v) is 13.2. The van der Waals surface area contributed by atoms with Crippen LogP contribution in [-0.4, -0.2) is 20.3 Å². The van der Waals surface area contributed by atoms with Gasteiger partial charge >= 0.3 is 6.18 Å². The first-order valence-electron chi connectivity index (χ1n) is 6.64. The standard InChI is InChI=1S/C16H16F3NO2.ClH/c1-21-13-4-2-3-11(9-13)12-5-6-15(22-8-7-20)14(10-12)16(17,18)19;/h2-6,9-10H,7-8,20H2,1H3;1H. The van der Waals surface area contributed by atoms with E-state index in [9.17, 15) is 13.2 Å². The normalized spacial score (nSPS) is 10.8. The Balaban J connectivity index is 0.00000264. The minimum absolute atomic E-state index is 0. The quantitative estimate of drug-likeness (QED) is 0.884. The molecule has 0 bridgehead atoms. The molecule has 2 rings (SSSR count). The number of alkyl halides is 3. The molecule has 0 aliphatic rings. The second-order valence-electron chi connectivity index (χ2n) is 4.58. The first kappa shape index (κ1) is 19.1. The van der Waals surface area contributed by atoms with Crippen molar-refractivity contribution in [2.45, 2.75) is 6.18 Å². The van der Waals surface area contributed by atoms with Crippen molar-refractivity contribution >= 4 is 12.4 Å². The summed E-state index contributed by atoms with van der Waals surface area (Å²) in [7, 11) is 1.50. The smallest absolute Gasteiger partial charge is 0.419 e. The predicted octanol–water partition coefficient (Wildman–Crippen LogP) is 4.14. The highest BCUT2D eigenvalue weighted by molar-refractivity contribution is 5.85. The molecule has 0 aliphatic carbocycles. The fraction of sp³-hybridized carbons (Fsp3) is 0.250. The van der Waals surface area contributed by atoms with Crippen LogP contribution in [0.2, 0.25) is 0 Å². The Morgan fingerprint density at radius 1 is 1.04 bits per heavy atom. The SMILES string of the molecule is COc1cccc(-c2ccc(OCCN)c(C(F)(F)F)c2)c1.Cl. The molecule has 2 N–H and O–H groups in total. The third-order valence-corrected chi connectivity index (χ3v) is 3.06. The van der Waals surface area contributed by atoms with Crippen LogP contribution in [0.15, 0.2) is 42.5 Å². The molecule has 0 amide bonds. The molecule has 126 valence electrons. The van der Waals surface area contributed by atoms with Crippen LogP contribution in [0.5, 0.6) is 11.5 Å². The van der Waals surface area contributed by atoms with Gasteiger partial charge in [-0.15, -0.1) is 12.4 Å². The van der Waals surface area contributed by atoms with Gasteiger partial charge in [-0.3, -0.25) is 0 Å². The van der Waals surface area contributed by atoms with E-state index in [-0.39, 0.29) is 31.3 Å². The molecule has 0 aromatic heterocycles. The third kappa shape index (κ3) is 4.77. The van der Waals surface area contributed by atoms with Crippen LogP contribution in [0, 0.1) is 0 Å². The molecular weight excluding hydrogens is 331 g/mol. The monoisotopic (exact) mass is 347 g/mol. The van der Waals surface area contributed by atoms with Crippen LogP contribution in [0.25, 0.3) is 11.1 Å². The number of rotatable bonds is 5. The van der Waals surface area contributed by atoms with Gasteiger partial charge in [0, 0.05) is 6.54 Å². The fourth-order valence-corrected chi connectivity index (χ4v) is 2.03. The average molecular weight is 348 g/mol. The van der Waals surface area contributed by atoms with E-state index < -0.39 is 11.7 Å². The number of hydrogen-bond donors (Lipinski definition) is 1. The zero-order valence-electron chi connectivity index (χ0n) is 12.4. The van der Waals surface area contributed by atoms with Crippen molar-refractivity contribution in [3.8, 4) is 22.6 Å². The van der Waals surface area contributed by atoms with Crippen molar-refractivity contribution in [2.75, 3.05) is 20.3 Å². The Hall–Kier alpha value is -1.92. The summed E-state index contributed by atoms with van der Waals surface area (Å²) in [5.74, 6) is 0.360. The van der Waals surface area contributed by atoms with E-state index in [2.05, 4.69) is 0 Å². The summed E-state index contributed by atoms with van der Waals surface area (Å²) in [6, 6.07) is 10.8. The van der Waals surface area contributed by atoms with Crippen molar-refractivity contribution in [3.63, 3.8) is 0 Å². The lowest BCUT2D eigenvalue weighted by Crippen LogP contribution is -2.14. The number of halogens is 4. The lowest BCUT2D eigenvalue weighted by molar-refractivity contribution is -0.138. The number of benzene rings is 2. The van der Waals surface area contributed by atoms with E-state index in [1.54, 1.807) is 30.3 Å². The maximum absolute atomic E-state index is 13.2. The Labute approximate surface area is 138 Å². The van der Waals surface area contributed by atoms with Crippen molar-refractivity contribution in [1.29, 1.82) is 0 Å². The second kappa shape index (κ2) is 8.08. The maximum Gasteiger partial charge on any atom is 0.419 e. The molecule has 23 heavy (non-hydrogen) atoms. The molecule has 2 aromatic rings. The number of nitrogens with two attached hydrogens (primary N) is 1. The van der Waals surface area contributed by atoms with Gasteiger partial charge < -0.3 is 15.2 Å². The van der Waals surface area contributed by atoms with Gasteiger partial charge in [-0.25, -0.2) is 0 Å². The van der Waals surface area contributed by atoms with Crippen LogP contribution in [0.1, 0.15) is 5.56 Å². The molecule has 0 atom stereocenters. The number of methoxy groups -OCH3 is 1. The maximum atomic E-state index is 13.2. The van der Waals surface area contributed by atoms with Gasteiger partial charge in [-0.2, -0.15) is 13.2 Å². The molecule has 0 saturated heterocycles. The summed E-state index contributed by atoms with van der Waals surface area (Å²) in [5, 5.41) is 0. The molecular formula is C16H17ClF3NO2. The van der Waals surface area contributed by atoms with Gasteiger partial charge in [0.15, 0.2) is 0 Å². The highest BCUT2D eigenvalue weighted by Gasteiger charge is 2.34. The molecule has 3 nitrogen and oxygen atoms in total. The van der Waals surface area contributed by atoms with E-state index in [1.165, 1.54) is 13.2 Å². The summed E-state index contributed by atoms with van der Waals surface area (Å²) in [4.78, 5) is 0. The van der Waals surface area contributed by atoms with Gasteiger partial charge in [0.2, 0.25) is 0 Å². The van der Waals surface area contributed by atoms with Gasteiger partial charge in [0.1, 0.15) is 18.1 Å². The summed E-state index contributed by atoms with van der Waals surface area (Å²) in [5.41, 5.74) is 5.52. The third-order valence-electron chi connectivity index (χ3n) is 3.06. The van der Waals surface area contributed by atoms with Crippen molar-refractivity contribution in [1.82, 2.24) is 0 Å².